The van der Waals surface area contributed by atoms with Crippen LogP contribution >= 0.6 is 0 Å². The maximum Gasteiger partial charge on any atom is 0.416 e. The minimum Gasteiger partial charge on any atom is -0.475 e. The molecule has 194 valence electrons. The van der Waals surface area contributed by atoms with Crippen molar-refractivity contribution in [3.8, 4) is 11.4 Å². The van der Waals surface area contributed by atoms with Crippen LogP contribution in [0.3, 0.4) is 0 Å². The van der Waals surface area contributed by atoms with Crippen LogP contribution in [0.4, 0.5) is 19.0 Å². The minimum atomic E-state index is -4.43. The molecule has 2 heterocycles. The maximum atomic E-state index is 13.1. The second kappa shape index (κ2) is 10.2. The zero-order valence-electron chi connectivity index (χ0n) is 21.0. The highest BCUT2D eigenvalue weighted by Gasteiger charge is 2.30. The van der Waals surface area contributed by atoms with E-state index in [9.17, 15) is 23.1 Å². The summed E-state index contributed by atoms with van der Waals surface area (Å²) in [5.74, 6) is -0.458. The lowest BCUT2D eigenvalue weighted by Crippen LogP contribution is -2.20. The summed E-state index contributed by atoms with van der Waals surface area (Å²) >= 11 is 0. The van der Waals surface area contributed by atoms with E-state index in [2.05, 4.69) is 34.1 Å². The number of aryl methyl sites for hydroxylation is 1. The quantitative estimate of drug-likeness (QED) is 0.284. The number of alkyl halides is 3. The van der Waals surface area contributed by atoms with E-state index in [4.69, 9.17) is 0 Å². The van der Waals surface area contributed by atoms with Crippen LogP contribution in [0.15, 0.2) is 48.5 Å². The van der Waals surface area contributed by atoms with E-state index in [0.717, 1.165) is 29.7 Å². The highest BCUT2D eigenvalue weighted by molar-refractivity contribution is 5.92. The Balaban J connectivity index is 1.92. The maximum absolute atomic E-state index is 13.1. The van der Waals surface area contributed by atoms with Crippen molar-refractivity contribution < 1.29 is 23.1 Å². The molecule has 0 fully saturated rings. The predicted molar refractivity (Wildman–Crippen MR) is 136 cm³/mol. The molecule has 0 amide bonds. The van der Waals surface area contributed by atoms with Crippen molar-refractivity contribution in [3.63, 3.8) is 0 Å². The number of aromatic carboxylic acids is 1. The average molecular weight is 512 g/mol. The van der Waals surface area contributed by atoms with Crippen LogP contribution in [0.25, 0.3) is 22.6 Å². The molecule has 0 aliphatic carbocycles. The van der Waals surface area contributed by atoms with Gasteiger partial charge < -0.3 is 15.0 Å². The number of benzene rings is 2. The molecule has 1 atom stereocenters. The van der Waals surface area contributed by atoms with Crippen molar-refractivity contribution in [3.05, 3.63) is 71.0 Å². The molecule has 0 bridgehead atoms. The first-order valence-electron chi connectivity index (χ1n) is 11.9. The molecule has 2 aromatic carbocycles. The summed E-state index contributed by atoms with van der Waals surface area (Å²) in [4.78, 5) is 24.9. The molecule has 0 saturated heterocycles. The van der Waals surface area contributed by atoms with Crippen LogP contribution in [-0.4, -0.2) is 36.6 Å². The third-order valence-corrected chi connectivity index (χ3v) is 5.90. The van der Waals surface area contributed by atoms with E-state index < -0.39 is 17.7 Å². The Hall–Kier alpha value is -3.95. The normalized spacial score (nSPS) is 12.8. The number of halogens is 3. The minimum absolute atomic E-state index is 0.0309. The topological polar surface area (TPSA) is 92.9 Å². The largest absolute Gasteiger partial charge is 0.475 e. The van der Waals surface area contributed by atoms with Gasteiger partial charge in [-0.25, -0.2) is 19.7 Å². The van der Waals surface area contributed by atoms with Crippen molar-refractivity contribution in [1.29, 1.82) is 0 Å². The number of nitrogens with zero attached hydrogens (tertiary/aromatic N) is 4. The van der Waals surface area contributed by atoms with Gasteiger partial charge in [0.25, 0.3) is 0 Å². The van der Waals surface area contributed by atoms with Crippen LogP contribution in [0.1, 0.15) is 54.5 Å². The van der Waals surface area contributed by atoms with Crippen LogP contribution in [0, 0.1) is 12.8 Å². The fourth-order valence-corrected chi connectivity index (χ4v) is 4.37. The van der Waals surface area contributed by atoms with Crippen LogP contribution in [0.5, 0.6) is 0 Å². The van der Waals surface area contributed by atoms with Gasteiger partial charge in [0.1, 0.15) is 11.3 Å². The average Bonchev–Trinajstić information content (AvgIpc) is 3.16. The van der Waals surface area contributed by atoms with Crippen molar-refractivity contribution in [1.82, 2.24) is 19.5 Å². The Kier molecular flexibility index (Phi) is 7.20. The molecule has 10 heteroatoms. The fraction of sp³-hybridized carbons (Fsp3) is 0.333. The van der Waals surface area contributed by atoms with Gasteiger partial charge in [0.2, 0.25) is 5.82 Å². The van der Waals surface area contributed by atoms with Crippen molar-refractivity contribution in [2.24, 2.45) is 5.92 Å². The van der Waals surface area contributed by atoms with E-state index in [0.29, 0.717) is 28.6 Å². The van der Waals surface area contributed by atoms with Crippen LogP contribution < -0.4 is 5.32 Å². The lowest BCUT2D eigenvalue weighted by atomic mass is 10.1. The first kappa shape index (κ1) is 26.1. The standard InChI is InChI=1S/C27H28F3N5O2/c1-15(2)12-17(4)31-22-21-23(33-24(32-22)26(36)37)34-25(19-7-5-6-16(3)13-19)35(21)14-18-8-10-20(11-9-18)27(28,29)30/h5-11,13,15,17H,12,14H2,1-4H3,(H,36,37)(H,31,32,33). The van der Waals surface area contributed by atoms with Crippen LogP contribution in [-0.2, 0) is 12.7 Å². The summed E-state index contributed by atoms with van der Waals surface area (Å²) < 4.78 is 41.1. The van der Waals surface area contributed by atoms with E-state index in [1.807, 2.05) is 42.7 Å². The van der Waals surface area contributed by atoms with E-state index in [1.165, 1.54) is 12.1 Å². The summed E-state index contributed by atoms with van der Waals surface area (Å²) in [6.07, 6.45) is -3.62. The summed E-state index contributed by atoms with van der Waals surface area (Å²) in [5.41, 5.74) is 2.32. The number of aromatic nitrogens is 4. The number of fused-ring (bicyclic) bond motifs is 1. The number of anilines is 1. The molecule has 0 aliphatic rings. The van der Waals surface area contributed by atoms with E-state index in [1.54, 1.807) is 0 Å². The highest BCUT2D eigenvalue weighted by Crippen LogP contribution is 2.32. The molecule has 4 rings (SSSR count). The molecule has 37 heavy (non-hydrogen) atoms. The second-order valence-electron chi connectivity index (χ2n) is 9.63. The SMILES string of the molecule is Cc1cccc(-c2nc3nc(C(=O)O)nc(NC(C)CC(C)C)c3n2Cc2ccc(C(F)(F)F)cc2)c1. The Morgan fingerprint density at radius 2 is 1.76 bits per heavy atom. The lowest BCUT2D eigenvalue weighted by molar-refractivity contribution is -0.137. The number of nitrogens with one attached hydrogen (secondary N) is 1. The van der Waals surface area contributed by atoms with Crippen molar-refractivity contribution in [2.45, 2.75) is 52.9 Å². The molecule has 4 aromatic rings. The lowest BCUT2D eigenvalue weighted by Gasteiger charge is -2.18. The number of hydrogen-bond donors (Lipinski definition) is 2. The molecule has 2 aromatic heterocycles. The molecule has 0 radical (unpaired) electrons. The fourth-order valence-electron chi connectivity index (χ4n) is 4.37. The van der Waals surface area contributed by atoms with Gasteiger partial charge in [0.05, 0.1) is 5.56 Å². The molecule has 7 nitrogen and oxygen atoms in total. The van der Waals surface area contributed by atoms with Gasteiger partial charge in [-0.3, -0.25) is 0 Å². The van der Waals surface area contributed by atoms with Gasteiger partial charge in [-0.15, -0.1) is 0 Å². The summed E-state index contributed by atoms with van der Waals surface area (Å²) in [6.45, 7) is 8.27. The third kappa shape index (κ3) is 5.90. The summed E-state index contributed by atoms with van der Waals surface area (Å²) in [6, 6.07) is 12.5. The Bertz CT molecular complexity index is 1430. The molecule has 0 saturated carbocycles. The summed E-state index contributed by atoms with van der Waals surface area (Å²) in [5, 5.41) is 12.9. The Morgan fingerprint density at radius 1 is 1.05 bits per heavy atom. The first-order valence-corrected chi connectivity index (χ1v) is 11.9. The smallest absolute Gasteiger partial charge is 0.416 e. The molecule has 2 N–H and O–H groups in total. The Labute approximate surface area is 212 Å². The number of hydrogen-bond acceptors (Lipinski definition) is 5. The van der Waals surface area contributed by atoms with Crippen molar-refractivity contribution >= 4 is 23.0 Å². The van der Waals surface area contributed by atoms with Gasteiger partial charge in [-0.1, -0.05) is 49.7 Å². The predicted octanol–water partition coefficient (Wildman–Crippen LogP) is 6.41. The molecule has 0 aliphatic heterocycles. The van der Waals surface area contributed by atoms with Gasteiger partial charge in [-0.05, 0) is 49.9 Å². The number of carboxylic acid groups (broad SMARTS) is 1. The summed E-state index contributed by atoms with van der Waals surface area (Å²) in [7, 11) is 0. The van der Waals surface area contributed by atoms with Gasteiger partial charge in [0, 0.05) is 18.2 Å². The Morgan fingerprint density at radius 3 is 2.35 bits per heavy atom. The molecule has 1 unspecified atom stereocenters. The molecular formula is C27H28F3N5O2. The number of imidazole rings is 1. The van der Waals surface area contributed by atoms with E-state index >= 15 is 0 Å². The first-order chi connectivity index (χ1) is 17.4. The number of carboxylic acids is 1. The zero-order valence-corrected chi connectivity index (χ0v) is 21.0. The third-order valence-electron chi connectivity index (χ3n) is 5.90. The molecular weight excluding hydrogens is 483 g/mol. The van der Waals surface area contributed by atoms with E-state index in [-0.39, 0.29) is 24.1 Å². The number of carbonyl (C=O) groups is 1. The van der Waals surface area contributed by atoms with Gasteiger partial charge in [-0.2, -0.15) is 13.2 Å². The zero-order chi connectivity index (χ0) is 26.9. The van der Waals surface area contributed by atoms with Gasteiger partial charge in [0.15, 0.2) is 11.5 Å². The van der Waals surface area contributed by atoms with Crippen molar-refractivity contribution in [2.75, 3.05) is 5.32 Å². The van der Waals surface area contributed by atoms with Gasteiger partial charge >= 0.3 is 12.1 Å². The highest BCUT2D eigenvalue weighted by atomic mass is 19.4. The number of rotatable bonds is 8. The van der Waals surface area contributed by atoms with Crippen LogP contribution in [0.2, 0.25) is 0 Å². The molecule has 0 spiro atoms. The second-order valence-corrected chi connectivity index (χ2v) is 9.63. The monoisotopic (exact) mass is 511 g/mol.